The van der Waals surface area contributed by atoms with E-state index in [0.717, 1.165) is 6.07 Å². The average molecular weight is 264 g/mol. The number of aromatic nitrogens is 3. The summed E-state index contributed by atoms with van der Waals surface area (Å²) in [6.07, 6.45) is 0.151. The summed E-state index contributed by atoms with van der Waals surface area (Å²) >= 11 is 0. The van der Waals surface area contributed by atoms with Gasteiger partial charge in [-0.15, -0.1) is 0 Å². The third-order valence-electron chi connectivity index (χ3n) is 2.60. The number of hydrogen-bond acceptors (Lipinski definition) is 4. The van der Waals surface area contributed by atoms with Gasteiger partial charge in [0.15, 0.2) is 0 Å². The quantitative estimate of drug-likeness (QED) is 0.924. The predicted molar refractivity (Wildman–Crippen MR) is 67.5 cm³/mol. The number of halogens is 2. The first-order valence-corrected chi connectivity index (χ1v) is 5.90. The molecule has 1 aromatic heterocycles. The number of nitrogens with zero attached hydrogens (tertiary/aromatic N) is 3. The number of nitrogens with two attached hydrogens (primary N) is 1. The summed E-state index contributed by atoms with van der Waals surface area (Å²) in [4.78, 5) is 12.2. The summed E-state index contributed by atoms with van der Waals surface area (Å²) < 4.78 is 26.4. The zero-order chi connectivity index (χ0) is 14.0. The van der Waals surface area contributed by atoms with Crippen LogP contribution in [-0.2, 0) is 6.42 Å². The highest BCUT2D eigenvalue weighted by Crippen LogP contribution is 2.15. The molecule has 0 radical (unpaired) electrons. The Hall–Kier alpha value is -2.11. The molecule has 1 heterocycles. The molecule has 0 aliphatic rings. The Morgan fingerprint density at radius 3 is 2.53 bits per heavy atom. The van der Waals surface area contributed by atoms with Gasteiger partial charge in [-0.3, -0.25) is 0 Å². The maximum Gasteiger partial charge on any atom is 0.223 e. The molecule has 0 amide bonds. The van der Waals surface area contributed by atoms with Gasteiger partial charge in [0.25, 0.3) is 0 Å². The van der Waals surface area contributed by atoms with Crippen LogP contribution in [0, 0.1) is 11.6 Å². The number of hydrogen-bond donors (Lipinski definition) is 1. The Kier molecular flexibility index (Phi) is 3.69. The summed E-state index contributed by atoms with van der Waals surface area (Å²) in [5, 5.41) is 0. The SMILES string of the molecule is CC(C)c1nc(N)nc(Cc2ccc(F)cc2F)n1. The molecule has 0 saturated carbocycles. The van der Waals surface area contributed by atoms with Gasteiger partial charge in [-0.05, 0) is 11.6 Å². The predicted octanol–water partition coefficient (Wildman–Crippen LogP) is 2.45. The highest BCUT2D eigenvalue weighted by Gasteiger charge is 2.11. The zero-order valence-electron chi connectivity index (χ0n) is 10.7. The van der Waals surface area contributed by atoms with Crippen LogP contribution >= 0.6 is 0 Å². The lowest BCUT2D eigenvalue weighted by Crippen LogP contribution is -2.09. The van der Waals surface area contributed by atoms with E-state index in [1.807, 2.05) is 13.8 Å². The molecule has 2 aromatic rings. The highest BCUT2D eigenvalue weighted by molar-refractivity contribution is 5.24. The molecule has 0 saturated heterocycles. The van der Waals surface area contributed by atoms with E-state index < -0.39 is 11.6 Å². The van der Waals surface area contributed by atoms with Crippen LogP contribution in [0.1, 0.15) is 37.0 Å². The Bertz CT molecular complexity index is 599. The molecule has 0 atom stereocenters. The van der Waals surface area contributed by atoms with Crippen molar-refractivity contribution in [1.29, 1.82) is 0 Å². The fourth-order valence-corrected chi connectivity index (χ4v) is 1.63. The summed E-state index contributed by atoms with van der Waals surface area (Å²) in [5.74, 6) is -0.0885. The Morgan fingerprint density at radius 2 is 1.89 bits per heavy atom. The van der Waals surface area contributed by atoms with Crippen LogP contribution in [-0.4, -0.2) is 15.0 Å². The van der Waals surface area contributed by atoms with Crippen LogP contribution in [0.3, 0.4) is 0 Å². The van der Waals surface area contributed by atoms with Gasteiger partial charge in [-0.2, -0.15) is 9.97 Å². The second-order valence-electron chi connectivity index (χ2n) is 4.54. The molecular weight excluding hydrogens is 250 g/mol. The van der Waals surface area contributed by atoms with E-state index in [-0.39, 0.29) is 18.3 Å². The van der Waals surface area contributed by atoms with E-state index >= 15 is 0 Å². The van der Waals surface area contributed by atoms with Gasteiger partial charge < -0.3 is 5.73 Å². The van der Waals surface area contributed by atoms with Gasteiger partial charge in [0.1, 0.15) is 23.3 Å². The standard InChI is InChI=1S/C13H14F2N4/c1-7(2)12-17-11(18-13(16)19-12)5-8-3-4-9(14)6-10(8)15/h3-4,6-7H,5H2,1-2H3,(H2,16,17,18,19). The van der Waals surface area contributed by atoms with Crippen molar-refractivity contribution in [2.45, 2.75) is 26.2 Å². The van der Waals surface area contributed by atoms with Crippen molar-refractivity contribution in [3.05, 3.63) is 47.0 Å². The van der Waals surface area contributed by atoms with Crippen LogP contribution < -0.4 is 5.73 Å². The van der Waals surface area contributed by atoms with Crippen molar-refractivity contribution in [3.63, 3.8) is 0 Å². The molecule has 0 aliphatic heterocycles. The lowest BCUT2D eigenvalue weighted by molar-refractivity contribution is 0.573. The summed E-state index contributed by atoms with van der Waals surface area (Å²) in [6, 6.07) is 3.41. The largest absolute Gasteiger partial charge is 0.368 e. The van der Waals surface area contributed by atoms with E-state index in [1.54, 1.807) is 0 Å². The van der Waals surface area contributed by atoms with Gasteiger partial charge in [0.05, 0.1) is 0 Å². The number of rotatable bonds is 3. The fraction of sp³-hybridized carbons (Fsp3) is 0.308. The van der Waals surface area contributed by atoms with E-state index in [1.165, 1.54) is 12.1 Å². The molecule has 0 spiro atoms. The molecule has 100 valence electrons. The average Bonchev–Trinajstić information content (AvgIpc) is 2.32. The lowest BCUT2D eigenvalue weighted by Gasteiger charge is -2.07. The van der Waals surface area contributed by atoms with Crippen LogP contribution in [0.2, 0.25) is 0 Å². The van der Waals surface area contributed by atoms with E-state index in [0.29, 0.717) is 17.2 Å². The second kappa shape index (κ2) is 5.26. The third-order valence-corrected chi connectivity index (χ3v) is 2.60. The monoisotopic (exact) mass is 264 g/mol. The van der Waals surface area contributed by atoms with Crippen molar-refractivity contribution in [3.8, 4) is 0 Å². The summed E-state index contributed by atoms with van der Waals surface area (Å²) in [7, 11) is 0. The van der Waals surface area contributed by atoms with Gasteiger partial charge >= 0.3 is 0 Å². The normalized spacial score (nSPS) is 11.0. The number of benzene rings is 1. The fourth-order valence-electron chi connectivity index (χ4n) is 1.63. The Labute approximate surface area is 109 Å². The minimum Gasteiger partial charge on any atom is -0.368 e. The second-order valence-corrected chi connectivity index (χ2v) is 4.54. The number of anilines is 1. The first kappa shape index (κ1) is 13.3. The molecule has 0 bridgehead atoms. The van der Waals surface area contributed by atoms with Crippen LogP contribution in [0.4, 0.5) is 14.7 Å². The van der Waals surface area contributed by atoms with E-state index in [9.17, 15) is 8.78 Å². The molecule has 0 unspecified atom stereocenters. The molecule has 6 heteroatoms. The molecule has 1 aromatic carbocycles. The van der Waals surface area contributed by atoms with Crippen LogP contribution in [0.15, 0.2) is 18.2 Å². The molecular formula is C13H14F2N4. The Balaban J connectivity index is 2.32. The molecule has 0 fully saturated rings. The summed E-state index contributed by atoms with van der Waals surface area (Å²) in [5.41, 5.74) is 5.92. The molecule has 19 heavy (non-hydrogen) atoms. The highest BCUT2D eigenvalue weighted by atomic mass is 19.1. The first-order chi connectivity index (χ1) is 8.95. The maximum atomic E-state index is 13.6. The van der Waals surface area contributed by atoms with Crippen molar-refractivity contribution in [2.75, 3.05) is 5.73 Å². The van der Waals surface area contributed by atoms with Gasteiger partial charge in [0.2, 0.25) is 5.95 Å². The van der Waals surface area contributed by atoms with Crippen molar-refractivity contribution >= 4 is 5.95 Å². The van der Waals surface area contributed by atoms with Crippen molar-refractivity contribution in [2.24, 2.45) is 0 Å². The molecule has 2 rings (SSSR count). The molecule has 2 N–H and O–H groups in total. The van der Waals surface area contributed by atoms with Crippen molar-refractivity contribution < 1.29 is 8.78 Å². The van der Waals surface area contributed by atoms with Crippen molar-refractivity contribution in [1.82, 2.24) is 15.0 Å². The molecule has 4 nitrogen and oxygen atoms in total. The topological polar surface area (TPSA) is 64.7 Å². The number of nitrogen functional groups attached to an aromatic ring is 1. The van der Waals surface area contributed by atoms with Gasteiger partial charge in [0, 0.05) is 18.4 Å². The van der Waals surface area contributed by atoms with E-state index in [2.05, 4.69) is 15.0 Å². The summed E-state index contributed by atoms with van der Waals surface area (Å²) in [6.45, 7) is 3.86. The maximum absolute atomic E-state index is 13.6. The third kappa shape index (κ3) is 3.21. The van der Waals surface area contributed by atoms with Gasteiger partial charge in [-0.25, -0.2) is 13.8 Å². The zero-order valence-corrected chi connectivity index (χ0v) is 10.7. The first-order valence-electron chi connectivity index (χ1n) is 5.90. The van der Waals surface area contributed by atoms with Crippen LogP contribution in [0.25, 0.3) is 0 Å². The minimum atomic E-state index is -0.620. The smallest absolute Gasteiger partial charge is 0.223 e. The van der Waals surface area contributed by atoms with E-state index in [4.69, 9.17) is 5.73 Å². The van der Waals surface area contributed by atoms with Crippen LogP contribution in [0.5, 0.6) is 0 Å². The lowest BCUT2D eigenvalue weighted by atomic mass is 10.1. The Morgan fingerprint density at radius 1 is 1.16 bits per heavy atom. The van der Waals surface area contributed by atoms with Gasteiger partial charge in [-0.1, -0.05) is 19.9 Å². The minimum absolute atomic E-state index is 0.0992. The molecule has 0 aliphatic carbocycles.